The van der Waals surface area contributed by atoms with Crippen LogP contribution >= 0.6 is 0 Å². The maximum absolute atomic E-state index is 10.7. The first-order chi connectivity index (χ1) is 5.79. The lowest BCUT2D eigenvalue weighted by Gasteiger charge is -1.99. The predicted octanol–water partition coefficient (Wildman–Crippen LogP) is 1.21. The molecule has 2 saturated carbocycles. The number of esters is 1. The third-order valence-corrected chi connectivity index (χ3v) is 2.81. The van der Waals surface area contributed by atoms with Gasteiger partial charge < -0.3 is 4.74 Å². The number of carbonyl (C=O) groups excluding carboxylic acids is 1. The second kappa shape index (κ2) is 2.82. The third kappa shape index (κ3) is 1.45. The van der Waals surface area contributed by atoms with Gasteiger partial charge in [-0.2, -0.15) is 0 Å². The van der Waals surface area contributed by atoms with Gasteiger partial charge >= 0.3 is 5.97 Å². The normalized spacial score (nSPS) is 36.2. The Morgan fingerprint density at radius 2 is 2.00 bits per heavy atom. The van der Waals surface area contributed by atoms with Crippen molar-refractivity contribution in [1.82, 2.24) is 0 Å². The van der Waals surface area contributed by atoms with E-state index in [2.05, 4.69) is 16.6 Å². The highest BCUT2D eigenvalue weighted by Gasteiger charge is 2.45. The molecule has 2 aliphatic rings. The Balaban J connectivity index is 1.85. The van der Waals surface area contributed by atoms with Crippen LogP contribution in [0.3, 0.4) is 0 Å². The highest BCUT2D eigenvalue weighted by atomic mass is 16.5. The van der Waals surface area contributed by atoms with Gasteiger partial charge in [0.15, 0.2) is 0 Å². The third-order valence-electron chi connectivity index (χ3n) is 2.81. The molecule has 2 nitrogen and oxygen atoms in total. The average Bonchev–Trinajstić information content (AvgIpc) is 2.70. The number of methoxy groups -OCH3 is 1. The molecule has 0 aliphatic heterocycles. The fraction of sp³-hybridized carbons (Fsp3) is 0.700. The van der Waals surface area contributed by atoms with Crippen LogP contribution in [0.1, 0.15) is 19.3 Å². The maximum Gasteiger partial charge on any atom is 0.384 e. The second-order valence-corrected chi connectivity index (χ2v) is 3.69. The van der Waals surface area contributed by atoms with E-state index >= 15 is 0 Å². The van der Waals surface area contributed by atoms with Crippen LogP contribution in [0, 0.1) is 29.6 Å². The van der Waals surface area contributed by atoms with E-state index in [4.69, 9.17) is 0 Å². The topological polar surface area (TPSA) is 26.3 Å². The molecule has 0 amide bonds. The molecule has 64 valence electrons. The van der Waals surface area contributed by atoms with Gasteiger partial charge in [0.05, 0.1) is 7.11 Å². The molecule has 2 fully saturated rings. The molecule has 2 rings (SSSR count). The molecule has 0 bridgehead atoms. The van der Waals surface area contributed by atoms with Gasteiger partial charge in [0.25, 0.3) is 0 Å². The highest BCUT2D eigenvalue weighted by molar-refractivity contribution is 5.88. The predicted molar refractivity (Wildman–Crippen MR) is 44.1 cm³/mol. The summed E-state index contributed by atoms with van der Waals surface area (Å²) >= 11 is 0. The number of hydrogen-bond donors (Lipinski definition) is 0. The van der Waals surface area contributed by atoms with Crippen LogP contribution < -0.4 is 0 Å². The molecule has 0 saturated heterocycles. The van der Waals surface area contributed by atoms with E-state index in [1.807, 2.05) is 0 Å². The van der Waals surface area contributed by atoms with Gasteiger partial charge in [0.1, 0.15) is 0 Å². The van der Waals surface area contributed by atoms with E-state index in [0.29, 0.717) is 5.92 Å². The smallest absolute Gasteiger partial charge is 0.384 e. The van der Waals surface area contributed by atoms with Crippen LogP contribution in [0.4, 0.5) is 0 Å². The lowest BCUT2D eigenvalue weighted by molar-refractivity contribution is -0.133. The van der Waals surface area contributed by atoms with Gasteiger partial charge in [-0.1, -0.05) is 5.92 Å². The zero-order valence-electron chi connectivity index (χ0n) is 7.17. The number of ether oxygens (including phenoxy) is 1. The number of rotatable bonds is 0. The fourth-order valence-corrected chi connectivity index (χ4v) is 2.04. The molecule has 0 aromatic heterocycles. The zero-order valence-corrected chi connectivity index (χ0v) is 7.17. The Morgan fingerprint density at radius 1 is 1.33 bits per heavy atom. The summed E-state index contributed by atoms with van der Waals surface area (Å²) in [4.78, 5) is 10.7. The van der Waals surface area contributed by atoms with Crippen molar-refractivity contribution in [2.75, 3.05) is 7.11 Å². The molecule has 2 aliphatic carbocycles. The van der Waals surface area contributed by atoms with Gasteiger partial charge in [-0.25, -0.2) is 4.79 Å². The van der Waals surface area contributed by atoms with Gasteiger partial charge in [-0.15, -0.1) is 0 Å². The zero-order chi connectivity index (χ0) is 8.55. The summed E-state index contributed by atoms with van der Waals surface area (Å²) in [7, 11) is 1.36. The largest absolute Gasteiger partial charge is 0.459 e. The number of hydrogen-bond acceptors (Lipinski definition) is 2. The summed E-state index contributed by atoms with van der Waals surface area (Å²) in [5.74, 6) is 7.40. The first-order valence-corrected chi connectivity index (χ1v) is 4.39. The number of fused-ring (bicyclic) bond motifs is 1. The quantitative estimate of drug-likeness (QED) is 0.305. The second-order valence-electron chi connectivity index (χ2n) is 3.69. The van der Waals surface area contributed by atoms with E-state index in [1.165, 1.54) is 26.4 Å². The van der Waals surface area contributed by atoms with Crippen LogP contribution in [-0.2, 0) is 9.53 Å². The Hall–Kier alpha value is -0.970. The first-order valence-electron chi connectivity index (χ1n) is 4.39. The molecule has 2 heteroatoms. The molecule has 0 radical (unpaired) electrons. The van der Waals surface area contributed by atoms with Gasteiger partial charge in [0, 0.05) is 11.8 Å². The van der Waals surface area contributed by atoms with E-state index in [1.54, 1.807) is 0 Å². The summed E-state index contributed by atoms with van der Waals surface area (Å²) in [6, 6.07) is 0. The van der Waals surface area contributed by atoms with Crippen molar-refractivity contribution in [2.45, 2.75) is 19.3 Å². The van der Waals surface area contributed by atoms with Crippen molar-refractivity contribution in [3.63, 3.8) is 0 Å². The summed E-state index contributed by atoms with van der Waals surface area (Å²) in [5.41, 5.74) is 0. The van der Waals surface area contributed by atoms with Crippen molar-refractivity contribution in [1.29, 1.82) is 0 Å². The van der Waals surface area contributed by atoms with E-state index in [0.717, 1.165) is 11.8 Å². The van der Waals surface area contributed by atoms with Crippen LogP contribution in [0.15, 0.2) is 0 Å². The van der Waals surface area contributed by atoms with Crippen molar-refractivity contribution in [3.05, 3.63) is 0 Å². The molecule has 0 spiro atoms. The average molecular weight is 164 g/mol. The minimum absolute atomic E-state index is 0.407. The summed E-state index contributed by atoms with van der Waals surface area (Å²) in [6.45, 7) is 0. The minimum atomic E-state index is -0.407. The lowest BCUT2D eigenvalue weighted by Crippen LogP contribution is -1.98. The summed E-state index contributed by atoms with van der Waals surface area (Å²) in [6.07, 6.45) is 3.81. The molecule has 2 atom stereocenters. The van der Waals surface area contributed by atoms with E-state index < -0.39 is 5.97 Å². The standard InChI is InChI=1S/C10H12O2/c1-12-10(11)3-2-7-4-8-6-9(8)5-7/h7-9H,4-6H2,1H3. The monoisotopic (exact) mass is 164 g/mol. The number of carbonyl (C=O) groups is 1. The SMILES string of the molecule is COC(=O)C#CC1CC2CC2C1. The lowest BCUT2D eigenvalue weighted by atomic mass is 10.0. The molecule has 0 aromatic rings. The summed E-state index contributed by atoms with van der Waals surface area (Å²) < 4.78 is 4.44. The molecular weight excluding hydrogens is 152 g/mol. The molecular formula is C10H12O2. The van der Waals surface area contributed by atoms with Crippen molar-refractivity contribution >= 4 is 5.97 Å². The van der Waals surface area contributed by atoms with Crippen LogP contribution in [0.2, 0.25) is 0 Å². The summed E-state index contributed by atoms with van der Waals surface area (Å²) in [5, 5.41) is 0. The Bertz CT molecular complexity index is 249. The van der Waals surface area contributed by atoms with Gasteiger partial charge in [-0.05, 0) is 31.1 Å². The van der Waals surface area contributed by atoms with Crippen LogP contribution in [0.5, 0.6) is 0 Å². The Kier molecular flexibility index (Phi) is 1.80. The van der Waals surface area contributed by atoms with Gasteiger partial charge in [0.2, 0.25) is 0 Å². The van der Waals surface area contributed by atoms with Crippen LogP contribution in [-0.4, -0.2) is 13.1 Å². The Labute approximate surface area is 72.3 Å². The molecule has 2 unspecified atom stereocenters. The van der Waals surface area contributed by atoms with E-state index in [9.17, 15) is 4.79 Å². The van der Waals surface area contributed by atoms with Gasteiger partial charge in [-0.3, -0.25) is 0 Å². The Morgan fingerprint density at radius 3 is 2.58 bits per heavy atom. The minimum Gasteiger partial charge on any atom is -0.459 e. The molecule has 0 heterocycles. The molecule has 0 aromatic carbocycles. The molecule has 12 heavy (non-hydrogen) atoms. The van der Waals surface area contributed by atoms with E-state index in [-0.39, 0.29) is 0 Å². The first kappa shape index (κ1) is 7.67. The molecule has 0 N–H and O–H groups in total. The van der Waals surface area contributed by atoms with Crippen LogP contribution in [0.25, 0.3) is 0 Å². The van der Waals surface area contributed by atoms with Crippen molar-refractivity contribution in [2.24, 2.45) is 17.8 Å². The maximum atomic E-state index is 10.7. The van der Waals surface area contributed by atoms with Crippen molar-refractivity contribution in [3.8, 4) is 11.8 Å². The highest BCUT2D eigenvalue weighted by Crippen LogP contribution is 2.54. The fourth-order valence-electron chi connectivity index (χ4n) is 2.04. The van der Waals surface area contributed by atoms with Crippen molar-refractivity contribution < 1.29 is 9.53 Å².